The molecule has 0 heterocycles. The van der Waals surface area contributed by atoms with Crippen LogP contribution in [0.25, 0.3) is 12.2 Å². The summed E-state index contributed by atoms with van der Waals surface area (Å²) >= 11 is -1.60. The molecule has 12 aromatic rings. The summed E-state index contributed by atoms with van der Waals surface area (Å²) in [7, 11) is 6.49. The van der Waals surface area contributed by atoms with Crippen LogP contribution >= 0.6 is 27.6 Å². The molecular formula is C76H34B2ClF30I2Na. The molecule has 0 fully saturated rings. The second-order valence-electron chi connectivity index (χ2n) is 22.9. The largest absolute Gasteiger partial charge is 1.00 e. The molecule has 0 nitrogen and oxygen atoms in total. The summed E-state index contributed by atoms with van der Waals surface area (Å²) in [5, 5.41) is 0. The van der Waals surface area contributed by atoms with Crippen LogP contribution in [-0.4, -0.2) is 12.3 Å². The minimum Gasteiger partial charge on any atom is -0.0619 e. The van der Waals surface area contributed by atoms with Crippen LogP contribution in [0.5, 0.6) is 0 Å². The molecule has 0 spiro atoms. The fourth-order valence-corrected chi connectivity index (χ4v) is 18.3. The topological polar surface area (TPSA) is 0 Å². The summed E-state index contributed by atoms with van der Waals surface area (Å²) in [4.78, 5) is 0. The predicted octanol–water partition coefficient (Wildman–Crippen LogP) is 12.8. The second-order valence-corrected chi connectivity index (χ2v) is 31.7. The van der Waals surface area contributed by atoms with Crippen LogP contribution in [0.2, 0.25) is 0 Å². The van der Waals surface area contributed by atoms with Crippen molar-refractivity contribution < 1.29 is 182 Å². The molecule has 0 bridgehead atoms. The summed E-state index contributed by atoms with van der Waals surface area (Å²) < 4.78 is 449. The molecule has 0 aromatic heterocycles. The van der Waals surface area contributed by atoms with Gasteiger partial charge in [-0.05, 0) is 35.4 Å². The van der Waals surface area contributed by atoms with Crippen molar-refractivity contribution in [2.24, 2.45) is 0 Å². The molecule has 576 valence electrons. The van der Waals surface area contributed by atoms with Gasteiger partial charge in [-0.2, -0.15) is 10.9 Å². The van der Waals surface area contributed by atoms with E-state index in [9.17, 15) is 79.0 Å². The molecular weight excluding hydrogens is 1820 g/mol. The van der Waals surface area contributed by atoms with Crippen molar-refractivity contribution >= 4 is 95.7 Å². The molecule has 0 unspecified atom stereocenters. The van der Waals surface area contributed by atoms with E-state index >= 15 is 52.7 Å². The summed E-state index contributed by atoms with van der Waals surface area (Å²) in [5.41, 5.74) is -19.0. The Bertz CT molecular complexity index is 4730. The molecule has 0 saturated heterocycles. The van der Waals surface area contributed by atoms with Crippen LogP contribution in [0, 0.1) is 189 Å². The van der Waals surface area contributed by atoms with Gasteiger partial charge in [0.2, 0.25) is 0 Å². The summed E-state index contributed by atoms with van der Waals surface area (Å²) in [5.74, 6) is -91.3. The summed E-state index contributed by atoms with van der Waals surface area (Å²) in [6.45, 7) is 6.61. The molecule has 0 N–H and O–H groups in total. The predicted molar refractivity (Wildman–Crippen MR) is 359 cm³/mol. The maximum absolute atomic E-state index is 15.5. The average molecular weight is 1850 g/mol. The average Bonchev–Trinajstić information content (AvgIpc) is 0.695. The van der Waals surface area contributed by atoms with Gasteiger partial charge in [0.15, 0.2) is 112 Å². The van der Waals surface area contributed by atoms with Crippen molar-refractivity contribution in [1.29, 1.82) is 0 Å². The molecule has 0 atom stereocenters. The first kappa shape index (κ1) is 88.5. The maximum Gasteiger partial charge on any atom is 1.00 e. The quantitative estimate of drug-likeness (QED) is 0.0335. The number of hydrogen-bond acceptors (Lipinski definition) is 0. The van der Waals surface area contributed by atoms with E-state index in [1.165, 1.54) is 14.3 Å². The van der Waals surface area contributed by atoms with Crippen molar-refractivity contribution in [1.82, 2.24) is 0 Å². The molecule has 12 aromatic carbocycles. The van der Waals surface area contributed by atoms with Crippen LogP contribution in [0.15, 0.2) is 183 Å². The van der Waals surface area contributed by atoms with Crippen molar-refractivity contribution in [3.05, 3.63) is 383 Å². The smallest absolute Gasteiger partial charge is 0.0619 e. The van der Waals surface area contributed by atoms with Crippen LogP contribution in [0.1, 0.15) is 11.1 Å². The Balaban J connectivity index is 0.000000209. The van der Waals surface area contributed by atoms with Crippen molar-refractivity contribution in [3.8, 4) is 0 Å². The fraction of sp³-hybridized carbons (Fsp3) is 0. The van der Waals surface area contributed by atoms with E-state index in [2.05, 4.69) is 98.1 Å². The zero-order valence-corrected chi connectivity index (χ0v) is 62.4. The first-order valence-corrected chi connectivity index (χ1v) is 37.6. The van der Waals surface area contributed by atoms with E-state index in [4.69, 9.17) is 8.91 Å². The van der Waals surface area contributed by atoms with E-state index in [1.54, 1.807) is 0 Å². The summed E-state index contributed by atoms with van der Waals surface area (Å²) in [6.07, 6.45) is -9.53. The van der Waals surface area contributed by atoms with Gasteiger partial charge in [0, 0.05) is 0 Å². The minimum atomic E-state index is -5.77. The first-order valence-electron chi connectivity index (χ1n) is 30.6. The Kier molecular flexibility index (Phi) is 28.7. The van der Waals surface area contributed by atoms with E-state index in [1.807, 2.05) is 36.4 Å². The third kappa shape index (κ3) is 16.0. The normalized spacial score (nSPS) is 11.4. The Morgan fingerprint density at radius 2 is 0.375 bits per heavy atom. The van der Waals surface area contributed by atoms with Gasteiger partial charge >= 0.3 is 146 Å². The number of halogens is 33. The maximum atomic E-state index is 15.5. The van der Waals surface area contributed by atoms with Crippen molar-refractivity contribution in [2.75, 3.05) is 0 Å². The van der Waals surface area contributed by atoms with Crippen molar-refractivity contribution in [2.45, 2.75) is 0 Å². The number of rotatable bonds is 14. The molecule has 0 saturated carbocycles. The third-order valence-electron chi connectivity index (χ3n) is 16.9. The van der Waals surface area contributed by atoms with Crippen LogP contribution in [0.4, 0.5) is 132 Å². The van der Waals surface area contributed by atoms with Crippen LogP contribution in [-0.2, 0) is 0 Å². The van der Waals surface area contributed by atoms with Crippen LogP contribution in [0.3, 0.4) is 0 Å². The molecule has 0 aliphatic heterocycles. The Morgan fingerprint density at radius 1 is 0.223 bits per heavy atom. The molecule has 12 rings (SSSR count). The minimum absolute atomic E-state index is 0. The molecule has 112 heavy (non-hydrogen) atoms. The van der Waals surface area contributed by atoms with Gasteiger partial charge in [-0.1, -0.05) is 110 Å². The third-order valence-corrected chi connectivity index (χ3v) is 25.5. The SMILES string of the molecule is C=Cc1ccc([B-](c2c(F)c(F)c(F)c(F)c2F)(c2c(F)c(F)c(F)c(F)c2F)c2c(F)c(F)c(F)c(F)c2F)cc1.C=Cc1ccc([B-](c2c(F)c(F)c(F)c(F)c2F)(c2c(F)c(F)c(F)c(F)c2F)c2c(F)c(F)c(F)c(F)c2F)cc1.ClI(c1ccccc1)c1ccccc1.[Na+].c1ccc([I+]c2ccccc2)cc1. The van der Waals surface area contributed by atoms with E-state index in [0.717, 1.165) is 36.4 Å². The first-order chi connectivity index (χ1) is 52.5. The molecule has 0 aliphatic rings. The van der Waals surface area contributed by atoms with E-state index < -0.39 is 249 Å². The fourth-order valence-electron chi connectivity index (χ4n) is 12.0. The monoisotopic (exact) mass is 1850 g/mol. The van der Waals surface area contributed by atoms with Gasteiger partial charge in [-0.3, -0.25) is 0 Å². The number of hydrogen-bond donors (Lipinski definition) is 0. The van der Waals surface area contributed by atoms with Crippen molar-refractivity contribution in [3.63, 3.8) is 0 Å². The van der Waals surface area contributed by atoms with Gasteiger partial charge in [-0.25, -0.2) is 132 Å². The Morgan fingerprint density at radius 3 is 0.536 bits per heavy atom. The molecule has 0 aliphatic carbocycles. The zero-order chi connectivity index (χ0) is 81.9. The Hall–Kier alpha value is -9.10. The van der Waals surface area contributed by atoms with E-state index in [-0.39, 0.29) is 61.9 Å². The second kappa shape index (κ2) is 36.4. The number of benzene rings is 12. The van der Waals surface area contributed by atoms with Gasteiger partial charge in [0.05, 0.1) is 0 Å². The molecule has 0 amide bonds. The van der Waals surface area contributed by atoms with E-state index in [0.29, 0.717) is 24.3 Å². The zero-order valence-electron chi connectivity index (χ0n) is 55.4. The van der Waals surface area contributed by atoms with Gasteiger partial charge < -0.3 is 0 Å². The molecule has 36 heteroatoms. The summed E-state index contributed by atoms with van der Waals surface area (Å²) in [6, 6.07) is 46.7. The standard InChI is InChI=1S/2C26H7BF15.C12H10ClI.C12H10I.Na/c2*1-2-7-3-5-8(6-4-7)27(9-12(28)18(34)24(40)19(35)13(9)29,10-14(30)20(36)25(41)21(37)15(10)31)11-16(32)22(38)26(42)23(39)17(11)33;13-14(11-7-3-1-4-8-11)12-9-5-2-6-10-12;1-3-7-11(8-4-1)13-12-9-5-2-6-10-12;/h2*2-6H,1H2;1-10H;1-10H;/q2*-1;;2*+1. The molecule has 0 radical (unpaired) electrons. The van der Waals surface area contributed by atoms with Gasteiger partial charge in [-0.15, -0.1) is 32.8 Å². The van der Waals surface area contributed by atoms with Crippen LogP contribution < -0.4 is 94.5 Å². The van der Waals surface area contributed by atoms with Gasteiger partial charge in [0.1, 0.15) is 82.1 Å². The Labute approximate surface area is 656 Å². The van der Waals surface area contributed by atoms with Gasteiger partial charge in [0.25, 0.3) is 0 Å².